The second-order valence-corrected chi connectivity index (χ2v) is 4.38. The zero-order chi connectivity index (χ0) is 12.6. The van der Waals surface area contributed by atoms with Crippen molar-refractivity contribution in [3.05, 3.63) is 31.8 Å². The number of carbonyl (C=O) groups excluding carboxylic acids is 1. The molecule has 17 heavy (non-hydrogen) atoms. The summed E-state index contributed by atoms with van der Waals surface area (Å²) < 4.78 is 6.00. The van der Waals surface area contributed by atoms with Gasteiger partial charge in [-0.2, -0.15) is 0 Å². The van der Waals surface area contributed by atoms with Crippen molar-refractivity contribution < 1.29 is 9.53 Å². The lowest BCUT2D eigenvalue weighted by molar-refractivity contribution is 0.0606. The first kappa shape index (κ1) is 11.6. The largest absolute Gasteiger partial charge is 0.465 e. The van der Waals surface area contributed by atoms with Crippen molar-refractivity contribution in [2.75, 3.05) is 7.11 Å². The minimum Gasteiger partial charge on any atom is -0.465 e. The van der Waals surface area contributed by atoms with E-state index >= 15 is 0 Å². The van der Waals surface area contributed by atoms with Crippen LogP contribution in [0.4, 0.5) is 0 Å². The van der Waals surface area contributed by atoms with Gasteiger partial charge in [-0.15, -0.1) is 11.3 Å². The fraction of sp³-hybridized carbons (Fsp3) is 0.300. The maximum atomic E-state index is 11.9. The molecule has 6 nitrogen and oxygen atoms in total. The van der Waals surface area contributed by atoms with Crippen molar-refractivity contribution in [3.8, 4) is 0 Å². The average Bonchev–Trinajstić information content (AvgIpc) is 2.72. The molecule has 0 radical (unpaired) electrons. The molecular formula is C10H10N2O4S. The number of nitrogens with zero attached hydrogens (tertiary/aromatic N) is 1. The Labute approximate surface area is 99.5 Å². The van der Waals surface area contributed by atoms with Gasteiger partial charge in [0.1, 0.15) is 9.58 Å². The number of methoxy groups -OCH3 is 1. The second kappa shape index (κ2) is 4.17. The zero-order valence-corrected chi connectivity index (χ0v) is 10.1. The third-order valence-electron chi connectivity index (χ3n) is 2.36. The number of aromatic amines is 1. The van der Waals surface area contributed by atoms with Crippen molar-refractivity contribution in [1.29, 1.82) is 0 Å². The van der Waals surface area contributed by atoms with Crippen LogP contribution in [0.2, 0.25) is 0 Å². The van der Waals surface area contributed by atoms with Gasteiger partial charge in [0.25, 0.3) is 5.56 Å². The van der Waals surface area contributed by atoms with Crippen LogP contribution in [0.3, 0.4) is 0 Å². The molecule has 0 aliphatic rings. The third-order valence-corrected chi connectivity index (χ3v) is 3.46. The lowest BCUT2D eigenvalue weighted by Gasteiger charge is -1.98. The summed E-state index contributed by atoms with van der Waals surface area (Å²) in [6.45, 7) is 1.99. The number of thiophene rings is 1. The molecule has 0 fully saturated rings. The van der Waals surface area contributed by atoms with Crippen molar-refractivity contribution in [1.82, 2.24) is 9.55 Å². The van der Waals surface area contributed by atoms with Gasteiger partial charge in [0, 0.05) is 6.54 Å². The van der Waals surface area contributed by atoms with Gasteiger partial charge in [0.2, 0.25) is 0 Å². The quantitative estimate of drug-likeness (QED) is 0.794. The zero-order valence-electron chi connectivity index (χ0n) is 9.27. The molecule has 2 aromatic rings. The summed E-state index contributed by atoms with van der Waals surface area (Å²) in [6, 6.07) is 1.45. The van der Waals surface area contributed by atoms with Crippen LogP contribution in [-0.4, -0.2) is 22.6 Å². The summed E-state index contributed by atoms with van der Waals surface area (Å²) in [6.07, 6.45) is 0. The molecule has 1 N–H and O–H groups in total. The number of carbonyl (C=O) groups is 1. The first-order valence-electron chi connectivity index (χ1n) is 4.93. The summed E-state index contributed by atoms with van der Waals surface area (Å²) in [7, 11) is 1.26. The highest BCUT2D eigenvalue weighted by Gasteiger charge is 2.14. The van der Waals surface area contributed by atoms with E-state index in [4.69, 9.17) is 0 Å². The van der Waals surface area contributed by atoms with Gasteiger partial charge in [0.15, 0.2) is 0 Å². The summed E-state index contributed by atoms with van der Waals surface area (Å²) in [5.41, 5.74) is -0.485. The highest BCUT2D eigenvalue weighted by atomic mass is 32.1. The Morgan fingerprint density at radius 3 is 2.82 bits per heavy atom. The minimum absolute atomic E-state index is 0.287. The van der Waals surface area contributed by atoms with Crippen LogP contribution >= 0.6 is 11.3 Å². The number of H-pyrrole nitrogens is 1. The van der Waals surface area contributed by atoms with E-state index in [1.165, 1.54) is 13.2 Å². The number of esters is 1. The van der Waals surface area contributed by atoms with Crippen molar-refractivity contribution in [3.63, 3.8) is 0 Å². The number of fused-ring (bicyclic) bond motifs is 1. The number of hydrogen-bond acceptors (Lipinski definition) is 5. The molecule has 0 saturated carbocycles. The predicted molar refractivity (Wildman–Crippen MR) is 63.7 cm³/mol. The van der Waals surface area contributed by atoms with Crippen LogP contribution in [0, 0.1) is 0 Å². The van der Waals surface area contributed by atoms with E-state index in [2.05, 4.69) is 9.72 Å². The number of nitrogens with one attached hydrogen (secondary N) is 1. The van der Waals surface area contributed by atoms with E-state index < -0.39 is 11.7 Å². The van der Waals surface area contributed by atoms with Crippen molar-refractivity contribution in [2.24, 2.45) is 0 Å². The number of aromatic nitrogens is 2. The summed E-state index contributed by atoms with van der Waals surface area (Å²) >= 11 is 1.02. The second-order valence-electron chi connectivity index (χ2n) is 3.32. The van der Waals surface area contributed by atoms with Crippen LogP contribution in [0.25, 0.3) is 10.2 Å². The molecule has 0 spiro atoms. The molecule has 2 heterocycles. The fourth-order valence-corrected chi connectivity index (χ4v) is 2.51. The standard InChI is InChI=1S/C10H10N2O4S/c1-3-12-8(13)7-5(11-10(12)15)4-6(17-7)9(14)16-2/h4H,3H2,1-2H3,(H,11,15). The predicted octanol–water partition coefficient (Wildman–Crippen LogP) is 0.558. The average molecular weight is 254 g/mol. The molecule has 7 heteroatoms. The number of ether oxygens (including phenoxy) is 1. The number of hydrogen-bond donors (Lipinski definition) is 1. The van der Waals surface area contributed by atoms with Crippen LogP contribution in [0.5, 0.6) is 0 Å². The van der Waals surface area contributed by atoms with Crippen molar-refractivity contribution in [2.45, 2.75) is 13.5 Å². The SMILES string of the molecule is CCn1c(=O)[nH]c2cc(C(=O)OC)sc2c1=O. The Hall–Kier alpha value is -1.89. The third kappa shape index (κ3) is 1.78. The molecule has 0 aromatic carbocycles. The molecule has 90 valence electrons. The highest BCUT2D eigenvalue weighted by Crippen LogP contribution is 2.20. The van der Waals surface area contributed by atoms with Gasteiger partial charge in [-0.1, -0.05) is 0 Å². The lowest BCUT2D eigenvalue weighted by Crippen LogP contribution is -2.33. The van der Waals surface area contributed by atoms with Gasteiger partial charge < -0.3 is 9.72 Å². The lowest BCUT2D eigenvalue weighted by atomic mass is 10.4. The maximum Gasteiger partial charge on any atom is 0.348 e. The van der Waals surface area contributed by atoms with Crippen LogP contribution in [0.15, 0.2) is 15.7 Å². The highest BCUT2D eigenvalue weighted by molar-refractivity contribution is 7.20. The van der Waals surface area contributed by atoms with Gasteiger partial charge in [0.05, 0.1) is 12.6 Å². The van der Waals surface area contributed by atoms with E-state index in [0.29, 0.717) is 15.1 Å². The molecule has 0 saturated heterocycles. The molecule has 0 unspecified atom stereocenters. The van der Waals surface area contributed by atoms with Crippen LogP contribution in [0.1, 0.15) is 16.6 Å². The Morgan fingerprint density at radius 2 is 2.24 bits per heavy atom. The van der Waals surface area contributed by atoms with Gasteiger partial charge in [-0.3, -0.25) is 9.36 Å². The summed E-state index contributed by atoms with van der Waals surface area (Å²) in [5.74, 6) is -0.519. The Morgan fingerprint density at radius 1 is 1.53 bits per heavy atom. The van der Waals surface area contributed by atoms with E-state index in [1.807, 2.05) is 0 Å². The molecule has 0 aliphatic heterocycles. The molecular weight excluding hydrogens is 244 g/mol. The van der Waals surface area contributed by atoms with Gasteiger partial charge >= 0.3 is 11.7 Å². The molecule has 2 aromatic heterocycles. The smallest absolute Gasteiger partial charge is 0.348 e. The summed E-state index contributed by atoms with van der Waals surface area (Å²) in [5, 5.41) is 0. The van der Waals surface area contributed by atoms with Crippen LogP contribution < -0.4 is 11.2 Å². The molecule has 0 aliphatic carbocycles. The van der Waals surface area contributed by atoms with E-state index in [-0.39, 0.29) is 12.1 Å². The van der Waals surface area contributed by atoms with Gasteiger partial charge in [-0.05, 0) is 13.0 Å². The van der Waals surface area contributed by atoms with E-state index in [9.17, 15) is 14.4 Å². The summed E-state index contributed by atoms with van der Waals surface area (Å²) in [4.78, 5) is 37.6. The molecule has 0 bridgehead atoms. The molecule has 0 amide bonds. The fourth-order valence-electron chi connectivity index (χ4n) is 1.53. The van der Waals surface area contributed by atoms with Crippen molar-refractivity contribution >= 4 is 27.5 Å². The monoisotopic (exact) mass is 254 g/mol. The first-order valence-corrected chi connectivity index (χ1v) is 5.75. The Bertz CT molecular complexity index is 694. The maximum absolute atomic E-state index is 11.9. The van der Waals surface area contributed by atoms with E-state index in [1.54, 1.807) is 6.92 Å². The van der Waals surface area contributed by atoms with Crippen LogP contribution in [-0.2, 0) is 11.3 Å². The minimum atomic E-state index is -0.519. The Balaban J connectivity index is 2.79. The molecule has 2 rings (SSSR count). The normalized spacial score (nSPS) is 10.7. The molecule has 0 atom stereocenters. The topological polar surface area (TPSA) is 81.2 Å². The first-order chi connectivity index (χ1) is 8.08. The number of rotatable bonds is 2. The van der Waals surface area contributed by atoms with E-state index in [0.717, 1.165) is 15.9 Å². The van der Waals surface area contributed by atoms with Gasteiger partial charge in [-0.25, -0.2) is 9.59 Å². The Kier molecular flexibility index (Phi) is 2.84.